The van der Waals surface area contributed by atoms with Crippen LogP contribution in [0.5, 0.6) is 0 Å². The minimum absolute atomic E-state index is 0.809. The normalized spacial score (nSPS) is 12.5. The Morgan fingerprint density at radius 1 is 1.09 bits per heavy atom. The van der Waals surface area contributed by atoms with Crippen molar-refractivity contribution in [2.45, 2.75) is 33.6 Å². The predicted octanol–water partition coefficient (Wildman–Crippen LogP) is 5.61. The molecule has 0 saturated heterocycles. The molecule has 2 rings (SSSR count). The lowest BCUT2D eigenvalue weighted by Gasteiger charge is -2.15. The molecule has 0 atom stereocenters. The molecule has 0 radical (unpaired) electrons. The van der Waals surface area contributed by atoms with Crippen LogP contribution in [-0.2, 0) is 0 Å². The van der Waals surface area contributed by atoms with Gasteiger partial charge >= 0.3 is 0 Å². The van der Waals surface area contributed by atoms with E-state index in [0.717, 1.165) is 12.5 Å². The van der Waals surface area contributed by atoms with E-state index in [2.05, 4.69) is 81.3 Å². The van der Waals surface area contributed by atoms with Gasteiger partial charge < -0.3 is 4.90 Å². The van der Waals surface area contributed by atoms with E-state index in [1.54, 1.807) is 0 Å². The van der Waals surface area contributed by atoms with Gasteiger partial charge in [0, 0.05) is 6.54 Å². The zero-order valence-corrected chi connectivity index (χ0v) is 14.5. The molecule has 0 aromatic heterocycles. The fraction of sp³-hybridized carbons (Fsp3) is 0.429. The second-order valence-electron chi connectivity index (χ2n) is 6.75. The Bertz CT molecular complexity index is 625. The van der Waals surface area contributed by atoms with Crippen LogP contribution in [0.2, 0.25) is 0 Å². The van der Waals surface area contributed by atoms with E-state index in [4.69, 9.17) is 0 Å². The maximum atomic E-state index is 2.41. The van der Waals surface area contributed by atoms with Gasteiger partial charge in [-0.25, -0.2) is 0 Å². The minimum atomic E-state index is 0.809. The van der Waals surface area contributed by atoms with Crippen LogP contribution < -0.4 is 0 Å². The number of rotatable bonds is 7. The lowest BCUT2D eigenvalue weighted by atomic mass is 10.0. The highest BCUT2D eigenvalue weighted by molar-refractivity contribution is 5.86. The molecule has 0 saturated carbocycles. The van der Waals surface area contributed by atoms with Gasteiger partial charge in [0.05, 0.1) is 0 Å². The fourth-order valence-electron chi connectivity index (χ4n) is 2.71. The Kier molecular flexibility index (Phi) is 6.21. The second kappa shape index (κ2) is 8.14. The molecule has 0 heterocycles. The minimum Gasteiger partial charge on any atom is -0.303 e. The van der Waals surface area contributed by atoms with Gasteiger partial charge in [0.1, 0.15) is 0 Å². The molecule has 0 unspecified atom stereocenters. The third kappa shape index (κ3) is 4.99. The topological polar surface area (TPSA) is 3.24 Å². The van der Waals surface area contributed by atoms with Crippen molar-refractivity contribution in [1.29, 1.82) is 0 Å². The molecule has 0 bridgehead atoms. The van der Waals surface area contributed by atoms with Crippen LogP contribution in [0.1, 0.15) is 39.2 Å². The fourth-order valence-corrected chi connectivity index (χ4v) is 2.71. The summed E-state index contributed by atoms with van der Waals surface area (Å²) < 4.78 is 0. The van der Waals surface area contributed by atoms with Crippen LogP contribution in [0.3, 0.4) is 0 Å². The summed E-state index contributed by atoms with van der Waals surface area (Å²) in [6, 6.07) is 15.3. The predicted molar refractivity (Wildman–Crippen MR) is 99.2 cm³/mol. The summed E-state index contributed by atoms with van der Waals surface area (Å²) in [7, 11) is 2.21. The Labute approximate surface area is 135 Å². The average molecular weight is 295 g/mol. The monoisotopic (exact) mass is 295 g/mol. The second-order valence-corrected chi connectivity index (χ2v) is 6.75. The van der Waals surface area contributed by atoms with Gasteiger partial charge in [-0.2, -0.15) is 0 Å². The average Bonchev–Trinajstić information content (AvgIpc) is 2.51. The molecule has 2 aromatic carbocycles. The highest BCUT2D eigenvalue weighted by atomic mass is 15.1. The van der Waals surface area contributed by atoms with Gasteiger partial charge in [-0.1, -0.05) is 56.3 Å². The van der Waals surface area contributed by atoms with Crippen LogP contribution in [0.15, 0.2) is 48.5 Å². The van der Waals surface area contributed by atoms with Crippen LogP contribution in [-0.4, -0.2) is 25.0 Å². The SMILES string of the molecule is C/C(=C\CN(C)CCCC(C)C)c1ccc2ccccc2c1. The third-order valence-corrected chi connectivity index (χ3v) is 4.24. The van der Waals surface area contributed by atoms with Crippen LogP contribution in [0.4, 0.5) is 0 Å². The van der Waals surface area contributed by atoms with E-state index in [1.807, 2.05) is 0 Å². The van der Waals surface area contributed by atoms with Gasteiger partial charge in [-0.3, -0.25) is 0 Å². The first kappa shape index (κ1) is 16.8. The van der Waals surface area contributed by atoms with Crippen molar-refractivity contribution < 1.29 is 0 Å². The number of hydrogen-bond donors (Lipinski definition) is 0. The summed E-state index contributed by atoms with van der Waals surface area (Å²) in [6.07, 6.45) is 4.95. The largest absolute Gasteiger partial charge is 0.303 e. The lowest BCUT2D eigenvalue weighted by Crippen LogP contribution is -2.20. The summed E-state index contributed by atoms with van der Waals surface area (Å²) in [5, 5.41) is 2.63. The van der Waals surface area contributed by atoms with E-state index in [1.165, 1.54) is 41.3 Å². The first-order chi connectivity index (χ1) is 10.6. The van der Waals surface area contributed by atoms with Gasteiger partial charge in [0.15, 0.2) is 0 Å². The Balaban J connectivity index is 1.95. The first-order valence-electron chi connectivity index (χ1n) is 8.40. The Morgan fingerprint density at radius 3 is 2.55 bits per heavy atom. The molecular weight excluding hydrogens is 266 g/mol. The molecule has 1 heteroatoms. The molecule has 0 aliphatic carbocycles. The van der Waals surface area contributed by atoms with Crippen molar-refractivity contribution in [2.24, 2.45) is 5.92 Å². The lowest BCUT2D eigenvalue weighted by molar-refractivity contribution is 0.348. The first-order valence-corrected chi connectivity index (χ1v) is 8.40. The van der Waals surface area contributed by atoms with E-state index in [-0.39, 0.29) is 0 Å². The summed E-state index contributed by atoms with van der Waals surface area (Å²) in [4.78, 5) is 2.41. The molecule has 0 aliphatic heterocycles. The molecule has 1 nitrogen and oxygen atoms in total. The zero-order chi connectivity index (χ0) is 15.9. The maximum absolute atomic E-state index is 2.41. The van der Waals surface area contributed by atoms with Crippen LogP contribution >= 0.6 is 0 Å². The van der Waals surface area contributed by atoms with Crippen molar-refractivity contribution in [3.63, 3.8) is 0 Å². The molecule has 118 valence electrons. The van der Waals surface area contributed by atoms with E-state index < -0.39 is 0 Å². The number of benzene rings is 2. The Morgan fingerprint density at radius 2 is 1.82 bits per heavy atom. The molecule has 0 amide bonds. The van der Waals surface area contributed by atoms with E-state index in [9.17, 15) is 0 Å². The number of likely N-dealkylation sites (N-methyl/N-ethyl adjacent to an activating group) is 1. The molecule has 2 aromatic rings. The summed E-state index contributed by atoms with van der Waals surface area (Å²) in [6.45, 7) is 9.01. The van der Waals surface area contributed by atoms with Gasteiger partial charge in [-0.15, -0.1) is 0 Å². The van der Waals surface area contributed by atoms with Crippen molar-refractivity contribution in [3.8, 4) is 0 Å². The molecular formula is C21H29N. The summed E-state index contributed by atoms with van der Waals surface area (Å²) in [5.41, 5.74) is 2.69. The highest BCUT2D eigenvalue weighted by Crippen LogP contribution is 2.20. The van der Waals surface area contributed by atoms with E-state index >= 15 is 0 Å². The number of fused-ring (bicyclic) bond motifs is 1. The molecule has 22 heavy (non-hydrogen) atoms. The van der Waals surface area contributed by atoms with Gasteiger partial charge in [0.2, 0.25) is 0 Å². The van der Waals surface area contributed by atoms with Crippen molar-refractivity contribution in [2.75, 3.05) is 20.1 Å². The molecule has 0 N–H and O–H groups in total. The molecule has 0 spiro atoms. The third-order valence-electron chi connectivity index (χ3n) is 4.24. The number of nitrogens with zero attached hydrogens (tertiary/aromatic N) is 1. The standard InChI is InChI=1S/C21H29N/c1-17(2)8-7-14-22(4)15-13-18(3)20-12-11-19-9-5-6-10-21(19)16-20/h5-6,9-13,16-17H,7-8,14-15H2,1-4H3/b18-13+. The van der Waals surface area contributed by atoms with Crippen molar-refractivity contribution in [1.82, 2.24) is 4.90 Å². The summed E-state index contributed by atoms with van der Waals surface area (Å²) >= 11 is 0. The Hall–Kier alpha value is -1.60. The van der Waals surface area contributed by atoms with Gasteiger partial charge in [0.25, 0.3) is 0 Å². The van der Waals surface area contributed by atoms with Gasteiger partial charge in [-0.05, 0) is 67.3 Å². The number of allylic oxidation sites excluding steroid dienone is 1. The summed E-state index contributed by atoms with van der Waals surface area (Å²) in [5.74, 6) is 0.809. The van der Waals surface area contributed by atoms with Crippen LogP contribution in [0, 0.1) is 5.92 Å². The smallest absolute Gasteiger partial charge is 0.0165 e. The highest BCUT2D eigenvalue weighted by Gasteiger charge is 2.01. The zero-order valence-electron chi connectivity index (χ0n) is 14.5. The van der Waals surface area contributed by atoms with Crippen LogP contribution in [0.25, 0.3) is 16.3 Å². The van der Waals surface area contributed by atoms with E-state index in [0.29, 0.717) is 0 Å². The van der Waals surface area contributed by atoms with Crippen molar-refractivity contribution in [3.05, 3.63) is 54.1 Å². The quantitative estimate of drug-likeness (QED) is 0.641. The maximum Gasteiger partial charge on any atom is 0.0165 e. The molecule has 0 aliphatic rings. The number of hydrogen-bond acceptors (Lipinski definition) is 1. The molecule has 0 fully saturated rings. The van der Waals surface area contributed by atoms with Crippen molar-refractivity contribution >= 4 is 16.3 Å².